The van der Waals surface area contributed by atoms with Gasteiger partial charge in [-0.25, -0.2) is 4.57 Å². The highest BCUT2D eigenvalue weighted by atomic mass is 31.2. The maximum absolute atomic E-state index is 8.88. The molecule has 1 atom stereocenters. The van der Waals surface area contributed by atoms with Gasteiger partial charge in [-0.05, 0) is 0 Å². The first-order chi connectivity index (χ1) is 5.00. The summed E-state index contributed by atoms with van der Waals surface area (Å²) < 4.78 is 8.88. The molecule has 1 fully saturated rings. The van der Waals surface area contributed by atoms with E-state index in [0.29, 0.717) is 0 Å². The van der Waals surface area contributed by atoms with Crippen LogP contribution in [0.15, 0.2) is 0 Å². The van der Waals surface area contributed by atoms with Gasteiger partial charge in [-0.1, -0.05) is 0 Å². The Balaban J connectivity index is 0. The summed E-state index contributed by atoms with van der Waals surface area (Å²) in [6.07, 6.45) is 0. The fourth-order valence-electron chi connectivity index (χ4n) is 0.604. The summed E-state index contributed by atoms with van der Waals surface area (Å²) in [6, 6.07) is 0. The lowest BCUT2D eigenvalue weighted by atomic mass is 10.4. The Morgan fingerprint density at radius 1 is 0.917 bits per heavy atom. The van der Waals surface area contributed by atoms with Crippen molar-refractivity contribution in [3.8, 4) is 0 Å². The molecule has 12 heavy (non-hydrogen) atoms. The lowest BCUT2D eigenvalue weighted by Gasteiger charge is -2.11. The third-order valence-electron chi connectivity index (χ3n) is 0.957. The summed E-state index contributed by atoms with van der Waals surface area (Å²) in [5, 5.41) is 6.44. The molecule has 0 amide bonds. The van der Waals surface area contributed by atoms with Crippen molar-refractivity contribution in [2.45, 2.75) is 0 Å². The van der Waals surface area contributed by atoms with E-state index in [2.05, 4.69) is 10.6 Å². The van der Waals surface area contributed by atoms with E-state index in [1.54, 1.807) is 0 Å². The Hall–Kier alpha value is 0.460. The highest BCUT2D eigenvalue weighted by Gasteiger charge is 2.00. The van der Waals surface area contributed by atoms with E-state index in [9.17, 15) is 0 Å². The van der Waals surface area contributed by atoms with Crippen LogP contribution in [0, 0.1) is 0 Å². The van der Waals surface area contributed by atoms with Crippen LogP contribution < -0.4 is 10.6 Å². The van der Waals surface area contributed by atoms with Crippen molar-refractivity contribution < 1.29 is 19.2 Å². The van der Waals surface area contributed by atoms with Gasteiger partial charge in [0.05, 0.1) is 0 Å². The van der Waals surface area contributed by atoms with E-state index in [4.69, 9.17) is 19.2 Å². The van der Waals surface area contributed by atoms with Crippen molar-refractivity contribution >= 4 is 17.7 Å². The molecular weight excluding hydrogens is 202 g/mol. The van der Waals surface area contributed by atoms with Crippen molar-refractivity contribution in [3.63, 3.8) is 0 Å². The molecule has 1 aliphatic rings. The molecule has 1 rings (SSSR count). The molecule has 0 bridgehead atoms. The topological polar surface area (TPSA) is 102 Å². The fourth-order valence-corrected chi connectivity index (χ4v) is 0.604. The molecule has 5 N–H and O–H groups in total. The summed E-state index contributed by atoms with van der Waals surface area (Å²) in [7, 11) is -4.64. The molecule has 0 aliphatic carbocycles. The van der Waals surface area contributed by atoms with Crippen molar-refractivity contribution in [2.75, 3.05) is 26.2 Å². The van der Waals surface area contributed by atoms with Crippen LogP contribution in [0.5, 0.6) is 0 Å². The van der Waals surface area contributed by atoms with E-state index in [-0.39, 0.29) is 9.90 Å². The molecule has 0 radical (unpaired) electrons. The number of hydrogen-bond donors (Lipinski definition) is 5. The van der Waals surface area contributed by atoms with Crippen LogP contribution in [0.4, 0.5) is 0 Å². The molecule has 1 heterocycles. The minimum Gasteiger partial charge on any atom is -0.314 e. The molecule has 1 aliphatic heterocycles. The Morgan fingerprint density at radius 3 is 1.17 bits per heavy atom. The van der Waals surface area contributed by atoms with Gasteiger partial charge in [-0.2, -0.15) is 9.90 Å². The minimum absolute atomic E-state index is 0. The zero-order valence-electron chi connectivity index (χ0n) is 6.73. The Bertz CT molecular complexity index is 115. The monoisotopic (exact) mass is 218 g/mol. The molecular formula is C4H16N2O4P2. The van der Waals surface area contributed by atoms with E-state index in [1.807, 2.05) is 0 Å². The van der Waals surface area contributed by atoms with Gasteiger partial charge >= 0.3 is 7.82 Å². The third-order valence-corrected chi connectivity index (χ3v) is 0.957. The highest BCUT2D eigenvalue weighted by Crippen LogP contribution is 2.25. The summed E-state index contributed by atoms with van der Waals surface area (Å²) >= 11 is 0. The first kappa shape index (κ1) is 15.0. The van der Waals surface area contributed by atoms with Crippen LogP contribution >= 0.6 is 17.7 Å². The number of nitrogens with one attached hydrogen (secondary N) is 2. The van der Waals surface area contributed by atoms with Crippen molar-refractivity contribution in [3.05, 3.63) is 0 Å². The van der Waals surface area contributed by atoms with Crippen LogP contribution in [0.3, 0.4) is 0 Å². The Labute approximate surface area is 74.6 Å². The second kappa shape index (κ2) is 8.08. The predicted octanol–water partition coefficient (Wildman–Crippen LogP) is -1.69. The van der Waals surface area contributed by atoms with Crippen LogP contribution in [0.2, 0.25) is 0 Å². The van der Waals surface area contributed by atoms with E-state index in [1.165, 1.54) is 0 Å². The third kappa shape index (κ3) is 22.4. The first-order valence-electron chi connectivity index (χ1n) is 3.20. The summed E-state index contributed by atoms with van der Waals surface area (Å²) in [6.45, 7) is 4.56. The molecule has 1 saturated heterocycles. The number of rotatable bonds is 0. The SMILES string of the molecule is C1CNCCN1.O=P(O)(O)O.P. The number of phosphoric acid groups is 1. The van der Waals surface area contributed by atoms with Gasteiger partial charge in [-0.3, -0.25) is 0 Å². The minimum atomic E-state index is -4.64. The lowest BCUT2D eigenvalue weighted by Crippen LogP contribution is -2.39. The van der Waals surface area contributed by atoms with E-state index in [0.717, 1.165) is 26.2 Å². The summed E-state index contributed by atoms with van der Waals surface area (Å²) in [4.78, 5) is 21.6. The standard InChI is InChI=1S/C4H10N2.H3O4P.H3P/c1-2-6-4-3-5-1;1-5(2,3)4;/h5-6H,1-4H2;(H3,1,2,3,4);1H3. The van der Waals surface area contributed by atoms with Gasteiger partial charge in [0.15, 0.2) is 0 Å². The quantitative estimate of drug-likeness (QED) is 0.311. The summed E-state index contributed by atoms with van der Waals surface area (Å²) in [5.41, 5.74) is 0. The van der Waals surface area contributed by atoms with Crippen molar-refractivity contribution in [2.24, 2.45) is 0 Å². The zero-order valence-corrected chi connectivity index (χ0v) is 9.04. The molecule has 0 aromatic rings. The van der Waals surface area contributed by atoms with Crippen LogP contribution in [0.25, 0.3) is 0 Å². The van der Waals surface area contributed by atoms with Crippen LogP contribution in [0.1, 0.15) is 0 Å². The van der Waals surface area contributed by atoms with Crippen LogP contribution in [-0.2, 0) is 4.57 Å². The first-order valence-corrected chi connectivity index (χ1v) is 4.76. The van der Waals surface area contributed by atoms with Gasteiger partial charge in [0.1, 0.15) is 0 Å². The maximum atomic E-state index is 8.88. The van der Waals surface area contributed by atoms with Gasteiger partial charge in [0, 0.05) is 26.2 Å². The van der Waals surface area contributed by atoms with Crippen molar-refractivity contribution in [1.82, 2.24) is 10.6 Å². The second-order valence-electron chi connectivity index (χ2n) is 2.01. The van der Waals surface area contributed by atoms with Crippen LogP contribution in [-0.4, -0.2) is 40.9 Å². The molecule has 8 heteroatoms. The van der Waals surface area contributed by atoms with Gasteiger partial charge in [0.25, 0.3) is 0 Å². The lowest BCUT2D eigenvalue weighted by molar-refractivity contribution is 0.275. The van der Waals surface area contributed by atoms with Gasteiger partial charge in [0.2, 0.25) is 0 Å². The van der Waals surface area contributed by atoms with Gasteiger partial charge < -0.3 is 25.3 Å². The number of hydrogen-bond acceptors (Lipinski definition) is 3. The predicted molar refractivity (Wildman–Crippen MR) is 51.1 cm³/mol. The summed E-state index contributed by atoms with van der Waals surface area (Å²) in [5.74, 6) is 0. The Morgan fingerprint density at radius 2 is 1.08 bits per heavy atom. The average Bonchev–Trinajstić information content (AvgIpc) is 1.88. The fraction of sp³-hybridized carbons (Fsp3) is 1.00. The maximum Gasteiger partial charge on any atom is 0.466 e. The molecule has 0 aromatic heterocycles. The smallest absolute Gasteiger partial charge is 0.314 e. The molecule has 6 nitrogen and oxygen atoms in total. The van der Waals surface area contributed by atoms with E-state index >= 15 is 0 Å². The normalized spacial score (nSPS) is 16.9. The largest absolute Gasteiger partial charge is 0.466 e. The van der Waals surface area contributed by atoms with Crippen molar-refractivity contribution in [1.29, 1.82) is 0 Å². The van der Waals surface area contributed by atoms with E-state index < -0.39 is 7.82 Å². The molecule has 0 saturated carbocycles. The molecule has 1 unspecified atom stereocenters. The second-order valence-corrected chi connectivity index (χ2v) is 3.04. The molecule has 0 aromatic carbocycles. The molecule has 76 valence electrons. The molecule has 0 spiro atoms. The highest BCUT2D eigenvalue weighted by molar-refractivity contribution is 7.45. The zero-order chi connectivity index (χ0) is 8.74. The Kier molecular flexibility index (Phi) is 10.1. The number of piperazine rings is 1. The average molecular weight is 218 g/mol. The van der Waals surface area contributed by atoms with Gasteiger partial charge in [-0.15, -0.1) is 0 Å².